The molecule has 3 nitrogen and oxygen atoms in total. The van der Waals surface area contributed by atoms with Crippen molar-refractivity contribution in [2.75, 3.05) is 6.54 Å². The normalized spacial score (nSPS) is 11.0. The fourth-order valence-corrected chi connectivity index (χ4v) is 0.615. The Kier molecular flexibility index (Phi) is 5.74. The fraction of sp³-hybridized carbons (Fsp3) is 0.714. The highest BCUT2D eigenvalue weighted by molar-refractivity contribution is 7.80. The highest BCUT2D eigenvalue weighted by Crippen LogP contribution is 1.80. The van der Waals surface area contributed by atoms with Crippen LogP contribution in [0.3, 0.4) is 0 Å². The van der Waals surface area contributed by atoms with E-state index in [2.05, 4.69) is 22.8 Å². The van der Waals surface area contributed by atoms with Crippen LogP contribution < -0.4 is 10.7 Å². The van der Waals surface area contributed by atoms with Gasteiger partial charge in [-0.3, -0.25) is 5.43 Å². The molecule has 0 radical (unpaired) electrons. The predicted octanol–water partition coefficient (Wildman–Crippen LogP) is 1.26. The molecule has 0 aliphatic rings. The average molecular weight is 173 g/mol. The molecule has 0 saturated heterocycles. The van der Waals surface area contributed by atoms with Crippen LogP contribution in [-0.2, 0) is 0 Å². The van der Waals surface area contributed by atoms with Crippen molar-refractivity contribution in [3.63, 3.8) is 0 Å². The second kappa shape index (κ2) is 6.09. The molecule has 0 spiro atoms. The van der Waals surface area contributed by atoms with Gasteiger partial charge in [0.05, 0.1) is 0 Å². The van der Waals surface area contributed by atoms with Gasteiger partial charge < -0.3 is 5.32 Å². The van der Waals surface area contributed by atoms with Crippen LogP contribution >= 0.6 is 12.2 Å². The predicted molar refractivity (Wildman–Crippen MR) is 52.8 cm³/mol. The summed E-state index contributed by atoms with van der Waals surface area (Å²) in [6.45, 7) is 6.83. The third-order valence-corrected chi connectivity index (χ3v) is 1.43. The van der Waals surface area contributed by atoms with Crippen molar-refractivity contribution in [2.45, 2.75) is 27.2 Å². The molecule has 11 heavy (non-hydrogen) atoms. The average Bonchev–Trinajstić information content (AvgIpc) is 2.01. The molecule has 0 fully saturated rings. The summed E-state index contributed by atoms with van der Waals surface area (Å²) in [7, 11) is 0. The van der Waals surface area contributed by atoms with Gasteiger partial charge >= 0.3 is 0 Å². The summed E-state index contributed by atoms with van der Waals surface area (Å²) in [5.74, 6) is 0. The summed E-state index contributed by atoms with van der Waals surface area (Å²) >= 11 is 4.89. The topological polar surface area (TPSA) is 36.4 Å². The monoisotopic (exact) mass is 173 g/mol. The van der Waals surface area contributed by atoms with Crippen molar-refractivity contribution in [1.82, 2.24) is 10.7 Å². The van der Waals surface area contributed by atoms with Crippen molar-refractivity contribution < 1.29 is 0 Å². The lowest BCUT2D eigenvalue weighted by Gasteiger charge is -2.03. The first-order chi connectivity index (χ1) is 5.20. The smallest absolute Gasteiger partial charge is 0.186 e. The fourth-order valence-electron chi connectivity index (χ4n) is 0.425. The van der Waals surface area contributed by atoms with Gasteiger partial charge in [-0.15, -0.1) is 0 Å². The van der Waals surface area contributed by atoms with Crippen LogP contribution in [0.2, 0.25) is 0 Å². The molecule has 0 rings (SSSR count). The number of thiocarbonyl (C=S) groups is 1. The van der Waals surface area contributed by atoms with Gasteiger partial charge in [0.15, 0.2) is 5.11 Å². The second-order valence-electron chi connectivity index (χ2n) is 2.17. The van der Waals surface area contributed by atoms with E-state index >= 15 is 0 Å². The molecule has 0 aromatic carbocycles. The molecule has 0 aromatic rings. The quantitative estimate of drug-likeness (QED) is 0.383. The maximum Gasteiger partial charge on any atom is 0.186 e. The molecule has 0 aliphatic carbocycles. The zero-order chi connectivity index (χ0) is 8.69. The minimum absolute atomic E-state index is 0.584. The molecular formula is C7H15N3S. The van der Waals surface area contributed by atoms with Crippen molar-refractivity contribution in [2.24, 2.45) is 5.10 Å². The lowest BCUT2D eigenvalue weighted by molar-refractivity contribution is 0.896. The highest BCUT2D eigenvalue weighted by atomic mass is 32.1. The first-order valence-electron chi connectivity index (χ1n) is 3.77. The third kappa shape index (κ3) is 5.79. The van der Waals surface area contributed by atoms with Gasteiger partial charge in [0.2, 0.25) is 0 Å². The lowest BCUT2D eigenvalue weighted by Crippen LogP contribution is -2.32. The SMILES string of the molecule is CCNC(=S)N/N=C(\C)CC. The Morgan fingerprint density at radius 1 is 1.45 bits per heavy atom. The van der Waals surface area contributed by atoms with Gasteiger partial charge in [-0.05, 0) is 32.5 Å². The minimum atomic E-state index is 0.584. The van der Waals surface area contributed by atoms with E-state index in [1.54, 1.807) is 0 Å². The zero-order valence-electron chi connectivity index (χ0n) is 7.27. The van der Waals surface area contributed by atoms with E-state index in [0.29, 0.717) is 5.11 Å². The molecule has 0 aromatic heterocycles. The molecule has 0 heterocycles. The van der Waals surface area contributed by atoms with Crippen LogP contribution in [0.1, 0.15) is 27.2 Å². The first kappa shape index (κ1) is 10.4. The summed E-state index contributed by atoms with van der Waals surface area (Å²) < 4.78 is 0. The van der Waals surface area contributed by atoms with Crippen LogP contribution in [0.4, 0.5) is 0 Å². The van der Waals surface area contributed by atoms with E-state index in [1.165, 1.54) is 0 Å². The Hall–Kier alpha value is -0.640. The van der Waals surface area contributed by atoms with E-state index in [0.717, 1.165) is 18.7 Å². The van der Waals surface area contributed by atoms with Crippen LogP contribution in [-0.4, -0.2) is 17.4 Å². The van der Waals surface area contributed by atoms with E-state index in [9.17, 15) is 0 Å². The Balaban J connectivity index is 3.60. The lowest BCUT2D eigenvalue weighted by atomic mass is 10.3. The number of hydrogen-bond acceptors (Lipinski definition) is 2. The van der Waals surface area contributed by atoms with Gasteiger partial charge in [0.25, 0.3) is 0 Å². The highest BCUT2D eigenvalue weighted by Gasteiger charge is 1.88. The molecule has 0 aliphatic heterocycles. The molecule has 0 atom stereocenters. The van der Waals surface area contributed by atoms with Gasteiger partial charge in [-0.2, -0.15) is 5.10 Å². The maximum absolute atomic E-state index is 4.89. The largest absolute Gasteiger partial charge is 0.362 e. The summed E-state index contributed by atoms with van der Waals surface area (Å²) in [6.07, 6.45) is 0.946. The van der Waals surface area contributed by atoms with Crippen LogP contribution in [0, 0.1) is 0 Å². The van der Waals surface area contributed by atoms with Crippen LogP contribution in [0.25, 0.3) is 0 Å². The molecule has 0 bridgehead atoms. The van der Waals surface area contributed by atoms with E-state index in [-0.39, 0.29) is 0 Å². The van der Waals surface area contributed by atoms with Gasteiger partial charge in [0, 0.05) is 12.3 Å². The van der Waals surface area contributed by atoms with E-state index < -0.39 is 0 Å². The molecule has 0 amide bonds. The van der Waals surface area contributed by atoms with Crippen LogP contribution in [0.15, 0.2) is 5.10 Å². The van der Waals surface area contributed by atoms with Crippen molar-refractivity contribution in [3.05, 3.63) is 0 Å². The van der Waals surface area contributed by atoms with Crippen LogP contribution in [0.5, 0.6) is 0 Å². The second-order valence-corrected chi connectivity index (χ2v) is 2.58. The summed E-state index contributed by atoms with van der Waals surface area (Å²) in [5, 5.41) is 7.55. The van der Waals surface area contributed by atoms with Crippen molar-refractivity contribution in [3.8, 4) is 0 Å². The standard InChI is InChI=1S/C7H15N3S/c1-4-6(3)9-10-7(11)8-5-2/h4-5H2,1-3H3,(H2,8,10,11)/b9-6+. The van der Waals surface area contributed by atoms with Crippen molar-refractivity contribution in [1.29, 1.82) is 0 Å². The molecule has 4 heteroatoms. The number of nitrogens with one attached hydrogen (secondary N) is 2. The molecule has 2 N–H and O–H groups in total. The summed E-state index contributed by atoms with van der Waals surface area (Å²) in [5.41, 5.74) is 3.79. The van der Waals surface area contributed by atoms with E-state index in [1.807, 2.05) is 13.8 Å². The number of hydrazone groups is 1. The Bertz CT molecular complexity index is 154. The first-order valence-corrected chi connectivity index (χ1v) is 4.18. The zero-order valence-corrected chi connectivity index (χ0v) is 8.09. The van der Waals surface area contributed by atoms with Gasteiger partial charge in [0.1, 0.15) is 0 Å². The third-order valence-electron chi connectivity index (χ3n) is 1.20. The Labute approximate surface area is 73.3 Å². The maximum atomic E-state index is 4.89. The van der Waals surface area contributed by atoms with E-state index in [4.69, 9.17) is 12.2 Å². The number of hydrogen-bond donors (Lipinski definition) is 2. The molecule has 0 unspecified atom stereocenters. The summed E-state index contributed by atoms with van der Waals surface area (Å²) in [6, 6.07) is 0. The van der Waals surface area contributed by atoms with Crippen molar-refractivity contribution >= 4 is 23.0 Å². The summed E-state index contributed by atoms with van der Waals surface area (Å²) in [4.78, 5) is 0. The van der Waals surface area contributed by atoms with Gasteiger partial charge in [-0.1, -0.05) is 6.92 Å². The Morgan fingerprint density at radius 2 is 2.09 bits per heavy atom. The Morgan fingerprint density at radius 3 is 2.55 bits per heavy atom. The van der Waals surface area contributed by atoms with Gasteiger partial charge in [-0.25, -0.2) is 0 Å². The number of rotatable bonds is 3. The number of nitrogens with zero attached hydrogens (tertiary/aromatic N) is 1. The molecule has 0 saturated carbocycles. The minimum Gasteiger partial charge on any atom is -0.362 e. The molecule has 64 valence electrons. The molecular weight excluding hydrogens is 158 g/mol.